The number of aryl methyl sites for hydroxylation is 1. The molecular formula is C15H21N7O2. The van der Waals surface area contributed by atoms with E-state index in [1.54, 1.807) is 6.92 Å². The van der Waals surface area contributed by atoms with E-state index in [9.17, 15) is 9.59 Å². The van der Waals surface area contributed by atoms with Gasteiger partial charge in [0.05, 0.1) is 0 Å². The van der Waals surface area contributed by atoms with Crippen LogP contribution in [0.2, 0.25) is 0 Å². The topological polar surface area (TPSA) is 107 Å². The molecule has 2 heterocycles. The van der Waals surface area contributed by atoms with E-state index in [0.29, 0.717) is 31.6 Å². The summed E-state index contributed by atoms with van der Waals surface area (Å²) in [6, 6.07) is 3.87. The lowest BCUT2D eigenvalue weighted by Crippen LogP contribution is -2.30. The summed E-state index contributed by atoms with van der Waals surface area (Å²) in [5.41, 5.74) is 1.46. The SMILES string of the molecule is C=C(C)C(=O)NCCCNC(=O)c1nnn(Cc2cccn2C)n1. The number of hydrogen-bond donors (Lipinski definition) is 2. The molecule has 9 nitrogen and oxygen atoms in total. The third-order valence-electron chi connectivity index (χ3n) is 3.32. The van der Waals surface area contributed by atoms with E-state index in [1.165, 1.54) is 4.80 Å². The summed E-state index contributed by atoms with van der Waals surface area (Å²) in [6.45, 7) is 6.49. The van der Waals surface area contributed by atoms with Crippen LogP contribution in [0.15, 0.2) is 30.5 Å². The quantitative estimate of drug-likeness (QED) is 0.518. The molecule has 0 radical (unpaired) electrons. The first kappa shape index (κ1) is 17.4. The maximum Gasteiger partial charge on any atom is 0.292 e. The van der Waals surface area contributed by atoms with Crippen molar-refractivity contribution in [2.24, 2.45) is 7.05 Å². The molecule has 0 bridgehead atoms. The van der Waals surface area contributed by atoms with E-state index in [2.05, 4.69) is 32.6 Å². The highest BCUT2D eigenvalue weighted by atomic mass is 16.2. The fraction of sp³-hybridized carbons (Fsp3) is 0.400. The Morgan fingerprint density at radius 1 is 1.29 bits per heavy atom. The number of nitrogens with zero attached hydrogens (tertiary/aromatic N) is 5. The van der Waals surface area contributed by atoms with Crippen molar-refractivity contribution in [3.8, 4) is 0 Å². The van der Waals surface area contributed by atoms with Gasteiger partial charge in [-0.05, 0) is 30.7 Å². The number of aromatic nitrogens is 5. The normalized spacial score (nSPS) is 10.4. The summed E-state index contributed by atoms with van der Waals surface area (Å²) in [5.74, 6) is -0.554. The zero-order valence-corrected chi connectivity index (χ0v) is 13.8. The van der Waals surface area contributed by atoms with Crippen molar-refractivity contribution in [3.05, 3.63) is 42.0 Å². The van der Waals surface area contributed by atoms with Crippen LogP contribution in [-0.4, -0.2) is 49.7 Å². The van der Waals surface area contributed by atoms with Gasteiger partial charge in [0.15, 0.2) is 0 Å². The van der Waals surface area contributed by atoms with E-state index in [4.69, 9.17) is 0 Å². The van der Waals surface area contributed by atoms with Crippen molar-refractivity contribution >= 4 is 11.8 Å². The van der Waals surface area contributed by atoms with Gasteiger partial charge >= 0.3 is 0 Å². The van der Waals surface area contributed by atoms with Gasteiger partial charge in [0, 0.05) is 37.6 Å². The van der Waals surface area contributed by atoms with Gasteiger partial charge in [-0.1, -0.05) is 6.58 Å². The van der Waals surface area contributed by atoms with Crippen LogP contribution >= 0.6 is 0 Å². The smallest absolute Gasteiger partial charge is 0.292 e. The largest absolute Gasteiger partial charge is 0.353 e. The summed E-state index contributed by atoms with van der Waals surface area (Å²) in [6.07, 6.45) is 2.52. The minimum Gasteiger partial charge on any atom is -0.353 e. The summed E-state index contributed by atoms with van der Waals surface area (Å²) < 4.78 is 1.95. The average molecular weight is 331 g/mol. The molecule has 0 unspecified atom stereocenters. The second kappa shape index (κ2) is 8.04. The fourth-order valence-corrected chi connectivity index (χ4v) is 1.93. The molecule has 0 saturated heterocycles. The van der Waals surface area contributed by atoms with Crippen LogP contribution in [0, 0.1) is 0 Å². The van der Waals surface area contributed by atoms with Crippen molar-refractivity contribution in [1.82, 2.24) is 35.4 Å². The van der Waals surface area contributed by atoms with Gasteiger partial charge in [0.25, 0.3) is 11.7 Å². The van der Waals surface area contributed by atoms with E-state index >= 15 is 0 Å². The molecule has 2 rings (SSSR count). The van der Waals surface area contributed by atoms with Crippen molar-refractivity contribution in [2.75, 3.05) is 13.1 Å². The van der Waals surface area contributed by atoms with Gasteiger partial charge in [-0.25, -0.2) is 0 Å². The number of carbonyl (C=O) groups excluding carboxylic acids is 2. The van der Waals surface area contributed by atoms with Crippen molar-refractivity contribution < 1.29 is 9.59 Å². The molecule has 128 valence electrons. The Balaban J connectivity index is 1.74. The molecule has 9 heteroatoms. The van der Waals surface area contributed by atoms with Gasteiger partial charge in [-0.2, -0.15) is 4.80 Å². The first-order valence-corrected chi connectivity index (χ1v) is 7.57. The standard InChI is InChI=1S/C15H21N7O2/c1-11(2)14(23)16-7-5-8-17-15(24)13-18-20-22(19-13)10-12-6-4-9-21(12)3/h4,6,9H,1,5,7-8,10H2,2-3H3,(H,16,23)(H,17,24). The summed E-state index contributed by atoms with van der Waals surface area (Å²) in [5, 5.41) is 17.1. The molecule has 2 aromatic heterocycles. The van der Waals surface area contributed by atoms with E-state index in [1.807, 2.05) is 29.9 Å². The number of hydrogen-bond acceptors (Lipinski definition) is 5. The van der Waals surface area contributed by atoms with Crippen molar-refractivity contribution in [3.63, 3.8) is 0 Å². The Labute approximate surface area is 139 Å². The Kier molecular flexibility index (Phi) is 5.83. The summed E-state index contributed by atoms with van der Waals surface area (Å²) >= 11 is 0. The van der Waals surface area contributed by atoms with Crippen molar-refractivity contribution in [1.29, 1.82) is 0 Å². The average Bonchev–Trinajstić information content (AvgIpc) is 3.16. The highest BCUT2D eigenvalue weighted by molar-refractivity contribution is 5.92. The van der Waals surface area contributed by atoms with E-state index in [-0.39, 0.29) is 17.6 Å². The molecule has 0 aromatic carbocycles. The third-order valence-corrected chi connectivity index (χ3v) is 3.32. The van der Waals surface area contributed by atoms with Crippen LogP contribution in [0.4, 0.5) is 0 Å². The van der Waals surface area contributed by atoms with Gasteiger partial charge in [0.2, 0.25) is 5.91 Å². The molecule has 0 aliphatic rings. The predicted molar refractivity (Wildman–Crippen MR) is 87.1 cm³/mol. The molecule has 0 fully saturated rings. The van der Waals surface area contributed by atoms with Crippen molar-refractivity contribution in [2.45, 2.75) is 19.9 Å². The van der Waals surface area contributed by atoms with E-state index in [0.717, 1.165) is 5.69 Å². The molecule has 2 N–H and O–H groups in total. The van der Waals surface area contributed by atoms with Crippen LogP contribution in [-0.2, 0) is 18.4 Å². The Morgan fingerprint density at radius 3 is 2.71 bits per heavy atom. The van der Waals surface area contributed by atoms with Crippen LogP contribution < -0.4 is 10.6 Å². The van der Waals surface area contributed by atoms with E-state index < -0.39 is 0 Å². The minimum atomic E-state index is -0.389. The lowest BCUT2D eigenvalue weighted by atomic mass is 10.3. The highest BCUT2D eigenvalue weighted by Gasteiger charge is 2.13. The number of amides is 2. The molecular weight excluding hydrogens is 310 g/mol. The molecule has 0 saturated carbocycles. The Bertz CT molecular complexity index is 732. The molecule has 0 atom stereocenters. The van der Waals surface area contributed by atoms with Crippen LogP contribution in [0.1, 0.15) is 29.7 Å². The number of carbonyl (C=O) groups is 2. The number of rotatable bonds is 8. The van der Waals surface area contributed by atoms with Crippen LogP contribution in [0.3, 0.4) is 0 Å². The van der Waals surface area contributed by atoms with Gasteiger partial charge < -0.3 is 15.2 Å². The minimum absolute atomic E-state index is 0.0233. The van der Waals surface area contributed by atoms with Crippen LogP contribution in [0.25, 0.3) is 0 Å². The molecule has 0 aliphatic carbocycles. The van der Waals surface area contributed by atoms with Gasteiger partial charge in [-0.15, -0.1) is 10.2 Å². The first-order chi connectivity index (χ1) is 11.5. The lowest BCUT2D eigenvalue weighted by molar-refractivity contribution is -0.117. The summed E-state index contributed by atoms with van der Waals surface area (Å²) in [4.78, 5) is 24.6. The second-order valence-electron chi connectivity index (χ2n) is 5.40. The molecule has 2 aromatic rings. The third kappa shape index (κ3) is 4.77. The van der Waals surface area contributed by atoms with Crippen LogP contribution in [0.5, 0.6) is 0 Å². The molecule has 24 heavy (non-hydrogen) atoms. The molecule has 0 spiro atoms. The maximum absolute atomic E-state index is 11.9. The lowest BCUT2D eigenvalue weighted by Gasteiger charge is -2.05. The first-order valence-electron chi connectivity index (χ1n) is 7.57. The molecule has 2 amide bonds. The number of tetrazole rings is 1. The van der Waals surface area contributed by atoms with Gasteiger partial charge in [0.1, 0.15) is 6.54 Å². The zero-order chi connectivity index (χ0) is 17.5. The monoisotopic (exact) mass is 331 g/mol. The summed E-state index contributed by atoms with van der Waals surface area (Å²) in [7, 11) is 1.92. The maximum atomic E-state index is 11.9. The highest BCUT2D eigenvalue weighted by Crippen LogP contribution is 2.01. The fourth-order valence-electron chi connectivity index (χ4n) is 1.93. The zero-order valence-electron chi connectivity index (χ0n) is 13.8. The predicted octanol–water partition coefficient (Wildman–Crippen LogP) is -0.128. The Hall–Kier alpha value is -2.97. The second-order valence-corrected chi connectivity index (χ2v) is 5.40. The number of nitrogens with one attached hydrogen (secondary N) is 2. The molecule has 0 aliphatic heterocycles. The Morgan fingerprint density at radius 2 is 2.04 bits per heavy atom. The van der Waals surface area contributed by atoms with Gasteiger partial charge in [-0.3, -0.25) is 9.59 Å².